The summed E-state index contributed by atoms with van der Waals surface area (Å²) >= 11 is 1.44. The Balaban J connectivity index is 3.58. The minimum absolute atomic E-state index is 0.00134. The van der Waals surface area contributed by atoms with Gasteiger partial charge in [0.2, 0.25) is 0 Å². The van der Waals surface area contributed by atoms with Crippen LogP contribution in [-0.4, -0.2) is 59.7 Å². The van der Waals surface area contributed by atoms with E-state index in [4.69, 9.17) is 14.6 Å². The number of ether oxygens (including phenoxy) is 2. The van der Waals surface area contributed by atoms with Gasteiger partial charge in [0.25, 0.3) is 0 Å². The van der Waals surface area contributed by atoms with Crippen LogP contribution in [0.15, 0.2) is 0 Å². The van der Waals surface area contributed by atoms with Crippen LogP contribution in [0.5, 0.6) is 0 Å². The maximum atomic E-state index is 10.4. The van der Waals surface area contributed by atoms with Gasteiger partial charge < -0.3 is 19.7 Å². The molecule has 5 nitrogen and oxygen atoms in total. The normalized spacial score (nSPS) is 16.5. The number of rotatable bonds is 10. The number of carboxylic acids is 1. The standard InChI is InChI=1S/C11H22O5S/c1-8(5-15-3)16-6-10(12)7-17-9(2)4-11(13)14/h8-10,12H,4-7H2,1-3H3,(H,13,14). The van der Waals surface area contributed by atoms with Gasteiger partial charge in [0.15, 0.2) is 0 Å². The first kappa shape index (κ1) is 16.7. The predicted octanol–water partition coefficient (Wildman–Crippen LogP) is 0.995. The fourth-order valence-corrected chi connectivity index (χ4v) is 2.09. The molecule has 0 aliphatic heterocycles. The number of aliphatic carboxylic acids is 1. The summed E-state index contributed by atoms with van der Waals surface area (Å²) in [6, 6.07) is 0. The van der Waals surface area contributed by atoms with E-state index in [0.717, 1.165) is 0 Å². The molecule has 0 rings (SSSR count). The number of hydrogen-bond donors (Lipinski definition) is 2. The van der Waals surface area contributed by atoms with Crippen LogP contribution in [0.25, 0.3) is 0 Å². The molecule has 0 aromatic heterocycles. The Morgan fingerprint density at radius 1 is 1.35 bits per heavy atom. The Bertz CT molecular complexity index is 212. The summed E-state index contributed by atoms with van der Waals surface area (Å²) in [5.41, 5.74) is 0. The third-order valence-electron chi connectivity index (χ3n) is 2.01. The van der Waals surface area contributed by atoms with Gasteiger partial charge in [-0.2, -0.15) is 11.8 Å². The smallest absolute Gasteiger partial charge is 0.304 e. The van der Waals surface area contributed by atoms with Crippen molar-refractivity contribution >= 4 is 17.7 Å². The highest BCUT2D eigenvalue weighted by Crippen LogP contribution is 2.15. The summed E-state index contributed by atoms with van der Waals surface area (Å²) in [6.07, 6.45) is -0.509. The van der Waals surface area contributed by atoms with Gasteiger partial charge in [-0.3, -0.25) is 4.79 Å². The second kappa shape index (κ2) is 9.70. The summed E-state index contributed by atoms with van der Waals surface area (Å²) in [7, 11) is 1.60. The first-order valence-corrected chi connectivity index (χ1v) is 6.62. The minimum Gasteiger partial charge on any atom is -0.481 e. The Labute approximate surface area is 106 Å². The number of carboxylic acid groups (broad SMARTS) is 1. The minimum atomic E-state index is -0.815. The van der Waals surface area contributed by atoms with Crippen molar-refractivity contribution in [2.45, 2.75) is 37.7 Å². The SMILES string of the molecule is COCC(C)OCC(O)CSC(C)CC(=O)O. The van der Waals surface area contributed by atoms with E-state index in [1.807, 2.05) is 13.8 Å². The highest BCUT2D eigenvalue weighted by molar-refractivity contribution is 7.99. The van der Waals surface area contributed by atoms with E-state index < -0.39 is 12.1 Å². The molecular formula is C11H22O5S. The van der Waals surface area contributed by atoms with Gasteiger partial charge in [0.1, 0.15) is 0 Å². The van der Waals surface area contributed by atoms with Gasteiger partial charge in [-0.25, -0.2) is 0 Å². The summed E-state index contributed by atoms with van der Waals surface area (Å²) in [6.45, 7) is 4.45. The zero-order valence-electron chi connectivity index (χ0n) is 10.6. The topological polar surface area (TPSA) is 76.0 Å². The number of carbonyl (C=O) groups is 1. The van der Waals surface area contributed by atoms with Crippen molar-refractivity contribution in [1.82, 2.24) is 0 Å². The predicted molar refractivity (Wildman–Crippen MR) is 67.5 cm³/mol. The van der Waals surface area contributed by atoms with E-state index in [0.29, 0.717) is 12.4 Å². The molecular weight excluding hydrogens is 244 g/mol. The van der Waals surface area contributed by atoms with Gasteiger partial charge in [-0.1, -0.05) is 6.92 Å². The van der Waals surface area contributed by atoms with Crippen LogP contribution in [0.4, 0.5) is 0 Å². The molecule has 17 heavy (non-hydrogen) atoms. The zero-order valence-corrected chi connectivity index (χ0v) is 11.4. The molecule has 0 aliphatic carbocycles. The third-order valence-corrected chi connectivity index (χ3v) is 3.32. The maximum Gasteiger partial charge on any atom is 0.304 e. The number of aliphatic hydroxyl groups excluding tert-OH is 1. The Kier molecular flexibility index (Phi) is 9.53. The summed E-state index contributed by atoms with van der Waals surface area (Å²) in [4.78, 5) is 10.4. The molecule has 0 amide bonds. The average molecular weight is 266 g/mol. The molecule has 3 atom stereocenters. The molecule has 0 radical (unpaired) electrons. The lowest BCUT2D eigenvalue weighted by atomic mass is 10.3. The molecule has 6 heteroatoms. The van der Waals surface area contributed by atoms with Crippen molar-refractivity contribution in [2.75, 3.05) is 26.1 Å². The van der Waals surface area contributed by atoms with E-state index in [1.54, 1.807) is 7.11 Å². The molecule has 102 valence electrons. The third kappa shape index (κ3) is 10.6. The van der Waals surface area contributed by atoms with Crippen LogP contribution < -0.4 is 0 Å². The highest BCUT2D eigenvalue weighted by Gasteiger charge is 2.12. The Morgan fingerprint density at radius 3 is 2.53 bits per heavy atom. The van der Waals surface area contributed by atoms with Crippen molar-refractivity contribution in [3.63, 3.8) is 0 Å². The fraction of sp³-hybridized carbons (Fsp3) is 0.909. The molecule has 3 unspecified atom stereocenters. The molecule has 0 heterocycles. The summed E-state index contributed by atoms with van der Waals surface area (Å²) in [5.74, 6) is -0.335. The maximum absolute atomic E-state index is 10.4. The van der Waals surface area contributed by atoms with Crippen molar-refractivity contribution in [3.8, 4) is 0 Å². The second-order valence-electron chi connectivity index (χ2n) is 3.99. The monoisotopic (exact) mass is 266 g/mol. The molecule has 0 aliphatic rings. The Hall–Kier alpha value is -0.300. The summed E-state index contributed by atoms with van der Waals surface area (Å²) < 4.78 is 10.3. The highest BCUT2D eigenvalue weighted by atomic mass is 32.2. The van der Waals surface area contributed by atoms with Crippen molar-refractivity contribution < 1.29 is 24.5 Å². The van der Waals surface area contributed by atoms with Crippen LogP contribution >= 0.6 is 11.8 Å². The van der Waals surface area contributed by atoms with Crippen LogP contribution in [0.3, 0.4) is 0 Å². The molecule has 0 aromatic rings. The average Bonchev–Trinajstić information content (AvgIpc) is 2.23. The molecule has 0 aromatic carbocycles. The zero-order chi connectivity index (χ0) is 13.3. The van der Waals surface area contributed by atoms with Gasteiger partial charge in [0, 0.05) is 18.1 Å². The largest absolute Gasteiger partial charge is 0.481 e. The lowest BCUT2D eigenvalue weighted by Crippen LogP contribution is -2.25. The van der Waals surface area contributed by atoms with Gasteiger partial charge in [-0.05, 0) is 6.92 Å². The van der Waals surface area contributed by atoms with Crippen LogP contribution in [0.1, 0.15) is 20.3 Å². The van der Waals surface area contributed by atoms with Gasteiger partial charge in [0.05, 0.1) is 31.8 Å². The lowest BCUT2D eigenvalue weighted by molar-refractivity contribution is -0.136. The van der Waals surface area contributed by atoms with E-state index in [-0.39, 0.29) is 24.4 Å². The van der Waals surface area contributed by atoms with Gasteiger partial charge in [-0.15, -0.1) is 0 Å². The molecule has 0 bridgehead atoms. The molecule has 2 N–H and O–H groups in total. The molecule has 0 saturated carbocycles. The van der Waals surface area contributed by atoms with E-state index in [2.05, 4.69) is 0 Å². The lowest BCUT2D eigenvalue weighted by Gasteiger charge is -2.16. The quantitative estimate of drug-likeness (QED) is 0.614. The molecule has 0 fully saturated rings. The van der Waals surface area contributed by atoms with Gasteiger partial charge >= 0.3 is 5.97 Å². The van der Waals surface area contributed by atoms with Crippen molar-refractivity contribution in [3.05, 3.63) is 0 Å². The molecule has 0 spiro atoms. The van der Waals surface area contributed by atoms with Crippen LogP contribution in [0.2, 0.25) is 0 Å². The van der Waals surface area contributed by atoms with Crippen LogP contribution in [-0.2, 0) is 14.3 Å². The molecule has 0 saturated heterocycles. The van der Waals surface area contributed by atoms with Crippen LogP contribution in [0, 0.1) is 0 Å². The second-order valence-corrected chi connectivity index (χ2v) is 5.47. The number of hydrogen-bond acceptors (Lipinski definition) is 5. The first-order chi connectivity index (χ1) is 7.95. The van der Waals surface area contributed by atoms with E-state index in [9.17, 15) is 9.90 Å². The first-order valence-electron chi connectivity index (χ1n) is 5.57. The number of aliphatic hydroxyl groups is 1. The van der Waals surface area contributed by atoms with Crippen molar-refractivity contribution in [2.24, 2.45) is 0 Å². The Morgan fingerprint density at radius 2 is 2.00 bits per heavy atom. The summed E-state index contributed by atoms with van der Waals surface area (Å²) in [5, 5.41) is 18.2. The number of thioether (sulfide) groups is 1. The fourth-order valence-electron chi connectivity index (χ4n) is 1.19. The number of methoxy groups -OCH3 is 1. The van der Waals surface area contributed by atoms with Crippen molar-refractivity contribution in [1.29, 1.82) is 0 Å². The van der Waals surface area contributed by atoms with E-state index >= 15 is 0 Å². The van der Waals surface area contributed by atoms with E-state index in [1.165, 1.54) is 11.8 Å².